The van der Waals surface area contributed by atoms with E-state index < -0.39 is 8.07 Å². The van der Waals surface area contributed by atoms with Gasteiger partial charge in [0, 0.05) is 48.7 Å². The van der Waals surface area contributed by atoms with Crippen LogP contribution in [0, 0.1) is 12.1 Å². The molecule has 52 heavy (non-hydrogen) atoms. The van der Waals surface area contributed by atoms with Crippen molar-refractivity contribution in [1.29, 1.82) is 0 Å². The Kier molecular flexibility index (Phi) is 9.58. The predicted molar refractivity (Wildman–Crippen MR) is 213 cm³/mol. The molecule has 4 aromatic heterocycles. The summed E-state index contributed by atoms with van der Waals surface area (Å²) in [5.74, 6) is 0. The molecule has 0 unspecified atom stereocenters. The van der Waals surface area contributed by atoms with Crippen LogP contribution in [-0.2, 0) is 25.5 Å². The fourth-order valence-electron chi connectivity index (χ4n) is 6.72. The van der Waals surface area contributed by atoms with Crippen LogP contribution >= 0.6 is 0 Å². The number of rotatable bonds is 5. The van der Waals surface area contributed by atoms with Gasteiger partial charge in [-0.15, -0.1) is 36.4 Å². The van der Waals surface area contributed by atoms with E-state index in [1.54, 1.807) is 6.20 Å². The second-order valence-electron chi connectivity index (χ2n) is 14.5. The van der Waals surface area contributed by atoms with E-state index in [0.717, 1.165) is 66.4 Å². The van der Waals surface area contributed by atoms with Gasteiger partial charge in [0.25, 0.3) is 0 Å². The Morgan fingerprint density at radius 1 is 0.558 bits per heavy atom. The molecule has 259 valence electrons. The van der Waals surface area contributed by atoms with Gasteiger partial charge in [0.1, 0.15) is 11.2 Å². The molecule has 4 nitrogen and oxygen atoms in total. The van der Waals surface area contributed by atoms with E-state index in [-0.39, 0.29) is 25.5 Å². The van der Waals surface area contributed by atoms with Crippen LogP contribution in [0.2, 0.25) is 19.6 Å². The van der Waals surface area contributed by atoms with Gasteiger partial charge in [-0.1, -0.05) is 140 Å². The standard InChI is InChI=1S/C26H20NO.C20H18NOSi.Ir/c1-26(2,18-9-4-3-5-10-18)19-14-15-20-21-11-8-12-22(23-13-6-7-16-27-23)25(21)28-24(20)17-19;1-23(2,3)14-11-12-18(21-13-14)17-9-6-8-16-15-7-4-5-10-19(15)22-20(16)17;/h3-11,13-17H,1-2H3;4-8,10-13H,1-3H3;/q2*-1;. The molecule has 0 saturated heterocycles. The fourth-order valence-corrected chi connectivity index (χ4v) is 7.75. The van der Waals surface area contributed by atoms with Gasteiger partial charge >= 0.3 is 0 Å². The maximum atomic E-state index is 6.34. The molecule has 0 aliphatic heterocycles. The zero-order valence-electron chi connectivity index (χ0n) is 29.8. The van der Waals surface area contributed by atoms with E-state index in [1.807, 2.05) is 54.7 Å². The summed E-state index contributed by atoms with van der Waals surface area (Å²) in [5, 5.41) is 5.83. The molecule has 0 bridgehead atoms. The number of benzene rings is 5. The zero-order valence-corrected chi connectivity index (χ0v) is 33.2. The number of fused-ring (bicyclic) bond motifs is 6. The summed E-state index contributed by atoms with van der Waals surface area (Å²) in [4.78, 5) is 9.15. The molecule has 1 radical (unpaired) electrons. The second kappa shape index (κ2) is 14.1. The van der Waals surface area contributed by atoms with Crippen LogP contribution < -0.4 is 5.19 Å². The molecular weight excluding hydrogens is 833 g/mol. The monoisotopic (exact) mass is 871 g/mol. The third-order valence-electron chi connectivity index (χ3n) is 9.80. The molecule has 0 atom stereocenters. The minimum atomic E-state index is -1.33. The van der Waals surface area contributed by atoms with Crippen LogP contribution in [0.25, 0.3) is 66.4 Å². The molecule has 4 heterocycles. The van der Waals surface area contributed by atoms with Gasteiger partial charge in [0.2, 0.25) is 0 Å². The van der Waals surface area contributed by atoms with Crippen molar-refractivity contribution in [2.45, 2.75) is 38.9 Å². The van der Waals surface area contributed by atoms with E-state index in [4.69, 9.17) is 8.83 Å². The smallest absolute Gasteiger partial charge is 0.121 e. The summed E-state index contributed by atoms with van der Waals surface area (Å²) in [5.41, 5.74) is 9.53. The van der Waals surface area contributed by atoms with Crippen LogP contribution in [-0.4, -0.2) is 18.0 Å². The van der Waals surface area contributed by atoms with Crippen molar-refractivity contribution in [3.05, 3.63) is 163 Å². The van der Waals surface area contributed by atoms with Crippen molar-refractivity contribution in [3.8, 4) is 22.5 Å². The minimum absolute atomic E-state index is 0. The van der Waals surface area contributed by atoms with Crippen molar-refractivity contribution >= 4 is 57.1 Å². The Hall–Kier alpha value is -5.13. The number of hydrogen-bond acceptors (Lipinski definition) is 4. The molecule has 6 heteroatoms. The Bertz CT molecular complexity index is 2640. The molecule has 0 aliphatic rings. The first kappa shape index (κ1) is 35.3. The van der Waals surface area contributed by atoms with Crippen molar-refractivity contribution < 1.29 is 28.9 Å². The number of furan rings is 2. The molecule has 0 aliphatic carbocycles. The molecule has 0 fully saturated rings. The fraction of sp³-hybridized carbons (Fsp3) is 0.130. The Balaban J connectivity index is 0.000000162. The SMILES string of the molecule is CC(C)(c1ccccc1)c1ccc2c(c1)oc1c(-c3ccccn3)[c-]ccc12.C[Si](C)(C)c1ccc(-c2[c-]ccc3c2oc2ccccc23)nc1.[Ir]. The van der Waals surface area contributed by atoms with Crippen molar-refractivity contribution in [2.24, 2.45) is 0 Å². The summed E-state index contributed by atoms with van der Waals surface area (Å²) in [6.45, 7) is 11.5. The molecule has 0 amide bonds. The number of nitrogens with zero attached hydrogens (tertiary/aromatic N) is 2. The molecule has 5 aromatic carbocycles. The first-order valence-corrected chi connectivity index (χ1v) is 20.8. The summed E-state index contributed by atoms with van der Waals surface area (Å²) in [6.07, 6.45) is 3.81. The zero-order chi connectivity index (χ0) is 35.2. The Morgan fingerprint density at radius 3 is 1.81 bits per heavy atom. The average molecular weight is 871 g/mol. The first-order valence-electron chi connectivity index (χ1n) is 17.3. The van der Waals surface area contributed by atoms with E-state index in [0.29, 0.717) is 0 Å². The first-order chi connectivity index (χ1) is 24.7. The van der Waals surface area contributed by atoms with E-state index >= 15 is 0 Å². The molecule has 0 N–H and O–H groups in total. The van der Waals surface area contributed by atoms with E-state index in [1.165, 1.54) is 16.3 Å². The van der Waals surface area contributed by atoms with Gasteiger partial charge in [0.15, 0.2) is 0 Å². The van der Waals surface area contributed by atoms with Gasteiger partial charge in [-0.25, -0.2) is 0 Å². The minimum Gasteiger partial charge on any atom is -0.501 e. The molecule has 0 saturated carbocycles. The summed E-state index contributed by atoms with van der Waals surface area (Å²) < 4.78 is 12.4. The number of aromatic nitrogens is 2. The normalized spacial score (nSPS) is 11.8. The van der Waals surface area contributed by atoms with Crippen LogP contribution in [0.15, 0.2) is 149 Å². The Labute approximate surface area is 318 Å². The van der Waals surface area contributed by atoms with Crippen LogP contribution in [0.5, 0.6) is 0 Å². The molecule has 0 spiro atoms. The number of para-hydroxylation sites is 1. The van der Waals surface area contributed by atoms with E-state index in [9.17, 15) is 0 Å². The third-order valence-corrected chi connectivity index (χ3v) is 11.8. The summed E-state index contributed by atoms with van der Waals surface area (Å²) >= 11 is 0. The molecular formula is C46H38IrN2O2Si-2. The van der Waals surface area contributed by atoms with Crippen molar-refractivity contribution in [1.82, 2.24) is 9.97 Å². The average Bonchev–Trinajstić information content (AvgIpc) is 3.74. The topological polar surface area (TPSA) is 52.1 Å². The molecule has 9 rings (SSSR count). The number of pyridine rings is 2. The van der Waals surface area contributed by atoms with Crippen LogP contribution in [0.3, 0.4) is 0 Å². The van der Waals surface area contributed by atoms with Crippen molar-refractivity contribution in [3.63, 3.8) is 0 Å². The van der Waals surface area contributed by atoms with E-state index in [2.05, 4.69) is 134 Å². The Morgan fingerprint density at radius 2 is 1.17 bits per heavy atom. The van der Waals surface area contributed by atoms with Gasteiger partial charge < -0.3 is 18.8 Å². The van der Waals surface area contributed by atoms with Gasteiger partial charge in [0.05, 0.1) is 19.2 Å². The largest absolute Gasteiger partial charge is 0.501 e. The summed E-state index contributed by atoms with van der Waals surface area (Å²) in [6, 6.07) is 50.1. The molecule has 9 aromatic rings. The third kappa shape index (κ3) is 6.54. The summed E-state index contributed by atoms with van der Waals surface area (Å²) in [7, 11) is -1.33. The van der Waals surface area contributed by atoms with Crippen molar-refractivity contribution in [2.75, 3.05) is 0 Å². The predicted octanol–water partition coefficient (Wildman–Crippen LogP) is 11.8. The van der Waals surface area contributed by atoms with Gasteiger partial charge in [-0.05, 0) is 45.9 Å². The van der Waals surface area contributed by atoms with Crippen LogP contribution in [0.4, 0.5) is 0 Å². The van der Waals surface area contributed by atoms with Gasteiger partial charge in [-0.2, -0.15) is 0 Å². The second-order valence-corrected chi connectivity index (χ2v) is 19.6. The number of hydrogen-bond donors (Lipinski definition) is 0. The maximum absolute atomic E-state index is 6.34. The maximum Gasteiger partial charge on any atom is 0.121 e. The van der Waals surface area contributed by atoms with Gasteiger partial charge in [-0.3, -0.25) is 0 Å². The quantitative estimate of drug-likeness (QED) is 0.128. The van der Waals surface area contributed by atoms with Crippen LogP contribution in [0.1, 0.15) is 25.0 Å².